The Bertz CT molecular complexity index is 634. The van der Waals surface area contributed by atoms with Gasteiger partial charge in [-0.05, 0) is 18.2 Å². The van der Waals surface area contributed by atoms with Crippen molar-refractivity contribution in [1.29, 1.82) is 0 Å². The van der Waals surface area contributed by atoms with E-state index in [2.05, 4.69) is 10.1 Å². The van der Waals surface area contributed by atoms with Crippen LogP contribution in [0.2, 0.25) is 0 Å². The monoisotopic (exact) mass is 293 g/mol. The molecule has 1 heterocycles. The van der Waals surface area contributed by atoms with Gasteiger partial charge in [0.2, 0.25) is 6.79 Å². The molecule has 21 heavy (non-hydrogen) atoms. The molecule has 2 aromatic carbocycles. The molecule has 0 unspecified atom stereocenters. The molecule has 0 amide bonds. The number of alkyl halides is 2. The lowest BCUT2D eigenvalue weighted by Crippen LogP contribution is -2.04. The summed E-state index contributed by atoms with van der Waals surface area (Å²) in [7, 11) is 0. The summed E-state index contributed by atoms with van der Waals surface area (Å²) in [5, 5.41) is 3.14. The third kappa shape index (κ3) is 3.16. The highest BCUT2D eigenvalue weighted by atomic mass is 19.3. The molecule has 6 heteroatoms. The zero-order chi connectivity index (χ0) is 14.7. The highest BCUT2D eigenvalue weighted by Gasteiger charge is 2.16. The van der Waals surface area contributed by atoms with Crippen molar-refractivity contribution < 1.29 is 23.0 Å². The van der Waals surface area contributed by atoms with Gasteiger partial charge >= 0.3 is 6.61 Å². The van der Waals surface area contributed by atoms with Crippen molar-refractivity contribution in [2.75, 3.05) is 12.1 Å². The molecular formula is C15H13F2NO3. The first-order valence-electron chi connectivity index (χ1n) is 6.38. The van der Waals surface area contributed by atoms with Gasteiger partial charge in [0.05, 0.1) is 0 Å². The number of halogens is 2. The van der Waals surface area contributed by atoms with Crippen LogP contribution in [0.15, 0.2) is 42.5 Å². The van der Waals surface area contributed by atoms with Crippen LogP contribution in [0.3, 0.4) is 0 Å². The average Bonchev–Trinajstić information content (AvgIpc) is 2.93. The third-order valence-corrected chi connectivity index (χ3v) is 3.02. The average molecular weight is 293 g/mol. The minimum absolute atomic E-state index is 0.118. The van der Waals surface area contributed by atoms with Crippen molar-refractivity contribution in [3.8, 4) is 17.2 Å². The molecule has 3 rings (SSSR count). The number of hydrogen-bond acceptors (Lipinski definition) is 4. The predicted molar refractivity (Wildman–Crippen MR) is 73.0 cm³/mol. The fraction of sp³-hybridized carbons (Fsp3) is 0.200. The minimum atomic E-state index is -2.83. The molecule has 0 bridgehead atoms. The van der Waals surface area contributed by atoms with E-state index in [9.17, 15) is 8.78 Å². The first-order valence-corrected chi connectivity index (χ1v) is 6.38. The lowest BCUT2D eigenvalue weighted by Gasteiger charge is -2.10. The number of rotatable bonds is 5. The fourth-order valence-electron chi connectivity index (χ4n) is 2.11. The summed E-state index contributed by atoms with van der Waals surface area (Å²) < 4.78 is 39.4. The Balaban J connectivity index is 1.69. The maximum absolute atomic E-state index is 12.2. The van der Waals surface area contributed by atoms with E-state index in [0.29, 0.717) is 23.7 Å². The van der Waals surface area contributed by atoms with Crippen molar-refractivity contribution >= 4 is 5.69 Å². The van der Waals surface area contributed by atoms with Crippen LogP contribution in [0.5, 0.6) is 17.2 Å². The molecule has 1 N–H and O–H groups in total. The van der Waals surface area contributed by atoms with Gasteiger partial charge in [0, 0.05) is 23.9 Å². The maximum atomic E-state index is 12.2. The van der Waals surface area contributed by atoms with Crippen LogP contribution >= 0.6 is 0 Å². The number of para-hydroxylation sites is 1. The molecule has 0 saturated heterocycles. The molecule has 0 aliphatic carbocycles. The number of ether oxygens (including phenoxy) is 3. The highest BCUT2D eigenvalue weighted by Crippen LogP contribution is 2.35. The van der Waals surface area contributed by atoms with Crippen molar-refractivity contribution in [2.24, 2.45) is 0 Å². The summed E-state index contributed by atoms with van der Waals surface area (Å²) in [6.07, 6.45) is 0. The molecule has 4 nitrogen and oxygen atoms in total. The Hall–Kier alpha value is -2.50. The van der Waals surface area contributed by atoms with Crippen LogP contribution in [-0.4, -0.2) is 13.4 Å². The Morgan fingerprint density at radius 3 is 2.86 bits per heavy atom. The Morgan fingerprint density at radius 2 is 2.00 bits per heavy atom. The van der Waals surface area contributed by atoms with Gasteiger partial charge in [0.25, 0.3) is 0 Å². The molecule has 0 fully saturated rings. The van der Waals surface area contributed by atoms with E-state index in [4.69, 9.17) is 9.47 Å². The van der Waals surface area contributed by atoms with Crippen LogP contribution in [0, 0.1) is 0 Å². The number of benzene rings is 2. The second-order valence-corrected chi connectivity index (χ2v) is 4.41. The Morgan fingerprint density at radius 1 is 1.14 bits per heavy atom. The molecule has 1 aliphatic rings. The molecule has 110 valence electrons. The largest absolute Gasteiger partial charge is 0.454 e. The molecule has 0 radical (unpaired) electrons. The quantitative estimate of drug-likeness (QED) is 0.914. The Labute approximate surface area is 120 Å². The van der Waals surface area contributed by atoms with Crippen LogP contribution in [0.25, 0.3) is 0 Å². The van der Waals surface area contributed by atoms with E-state index >= 15 is 0 Å². The Kier molecular flexibility index (Phi) is 3.77. The molecular weight excluding hydrogens is 280 g/mol. The summed E-state index contributed by atoms with van der Waals surface area (Å²) in [5.74, 6) is 1.54. The zero-order valence-corrected chi connectivity index (χ0v) is 11.0. The van der Waals surface area contributed by atoms with Crippen LogP contribution < -0.4 is 19.5 Å². The summed E-state index contributed by atoms with van der Waals surface area (Å²) in [6, 6.07) is 12.1. The van der Waals surface area contributed by atoms with Gasteiger partial charge in [-0.3, -0.25) is 0 Å². The lowest BCUT2D eigenvalue weighted by atomic mass is 10.2. The van der Waals surface area contributed by atoms with E-state index in [1.165, 1.54) is 12.1 Å². The summed E-state index contributed by atoms with van der Waals surface area (Å²) in [5.41, 5.74) is 1.62. The molecule has 0 saturated carbocycles. The van der Waals surface area contributed by atoms with E-state index in [-0.39, 0.29) is 12.5 Å². The van der Waals surface area contributed by atoms with E-state index < -0.39 is 6.61 Å². The molecule has 0 atom stereocenters. The van der Waals surface area contributed by atoms with E-state index in [1.807, 2.05) is 18.2 Å². The summed E-state index contributed by atoms with van der Waals surface area (Å²) >= 11 is 0. The van der Waals surface area contributed by atoms with Crippen molar-refractivity contribution in [1.82, 2.24) is 0 Å². The molecule has 2 aromatic rings. The van der Waals surface area contributed by atoms with Crippen molar-refractivity contribution in [2.45, 2.75) is 13.2 Å². The first-order chi connectivity index (χ1) is 10.2. The van der Waals surface area contributed by atoms with E-state index in [1.54, 1.807) is 12.1 Å². The second kappa shape index (κ2) is 5.87. The highest BCUT2D eigenvalue weighted by molar-refractivity contribution is 5.52. The molecule has 0 spiro atoms. The zero-order valence-electron chi connectivity index (χ0n) is 11.0. The SMILES string of the molecule is FC(F)Oc1cccc(NCc2cccc3c2OCO3)c1. The van der Waals surface area contributed by atoms with Crippen molar-refractivity contribution in [3.05, 3.63) is 48.0 Å². The lowest BCUT2D eigenvalue weighted by molar-refractivity contribution is -0.0498. The summed E-state index contributed by atoms with van der Waals surface area (Å²) in [6.45, 7) is -2.13. The van der Waals surface area contributed by atoms with Gasteiger partial charge in [-0.25, -0.2) is 0 Å². The predicted octanol–water partition coefficient (Wildman–Crippen LogP) is 3.63. The smallest absolute Gasteiger partial charge is 0.387 e. The van der Waals surface area contributed by atoms with Gasteiger partial charge < -0.3 is 19.5 Å². The number of nitrogens with one attached hydrogen (secondary N) is 1. The normalized spacial score (nSPS) is 12.5. The number of hydrogen-bond donors (Lipinski definition) is 1. The van der Waals surface area contributed by atoms with Crippen LogP contribution in [0.4, 0.5) is 14.5 Å². The second-order valence-electron chi connectivity index (χ2n) is 4.41. The van der Waals surface area contributed by atoms with Crippen LogP contribution in [-0.2, 0) is 6.54 Å². The van der Waals surface area contributed by atoms with Gasteiger partial charge in [-0.1, -0.05) is 18.2 Å². The summed E-state index contributed by atoms with van der Waals surface area (Å²) in [4.78, 5) is 0. The maximum Gasteiger partial charge on any atom is 0.387 e. The van der Waals surface area contributed by atoms with Crippen molar-refractivity contribution in [3.63, 3.8) is 0 Å². The van der Waals surface area contributed by atoms with Crippen LogP contribution in [0.1, 0.15) is 5.56 Å². The van der Waals surface area contributed by atoms with Gasteiger partial charge in [0.15, 0.2) is 11.5 Å². The minimum Gasteiger partial charge on any atom is -0.454 e. The van der Waals surface area contributed by atoms with Gasteiger partial charge in [-0.15, -0.1) is 0 Å². The van der Waals surface area contributed by atoms with Gasteiger partial charge in [0.1, 0.15) is 5.75 Å². The van der Waals surface area contributed by atoms with E-state index in [0.717, 1.165) is 5.56 Å². The topological polar surface area (TPSA) is 39.7 Å². The molecule has 1 aliphatic heterocycles. The fourth-order valence-corrected chi connectivity index (χ4v) is 2.11. The first kappa shape index (κ1) is 13.5. The standard InChI is InChI=1S/C15H13F2NO3/c16-15(17)21-12-5-2-4-11(7-12)18-8-10-3-1-6-13-14(10)20-9-19-13/h1-7,15,18H,8-9H2. The number of anilines is 1. The molecule has 0 aromatic heterocycles. The van der Waals surface area contributed by atoms with Gasteiger partial charge in [-0.2, -0.15) is 8.78 Å². The number of fused-ring (bicyclic) bond motifs is 1. The third-order valence-electron chi connectivity index (χ3n) is 3.02.